The molecule has 0 unspecified atom stereocenters. The highest BCUT2D eigenvalue weighted by Gasteiger charge is 2.21. The number of amides is 1. The van der Waals surface area contributed by atoms with Crippen LogP contribution >= 0.6 is 22.9 Å². The van der Waals surface area contributed by atoms with Crippen molar-refractivity contribution in [2.45, 2.75) is 13.8 Å². The molecule has 0 aliphatic rings. The second kappa shape index (κ2) is 7.00. The highest BCUT2D eigenvalue weighted by atomic mass is 35.5. The number of anilines is 1. The summed E-state index contributed by atoms with van der Waals surface area (Å²) in [6.45, 7) is 3.17. The van der Waals surface area contributed by atoms with Gasteiger partial charge in [-0.25, -0.2) is 28.1 Å². The Kier molecular flexibility index (Phi) is 4.92. The van der Waals surface area contributed by atoms with Crippen LogP contribution in [0.2, 0.25) is 5.02 Å². The zero-order valence-electron chi connectivity index (χ0n) is 13.4. The van der Waals surface area contributed by atoms with Crippen LogP contribution < -0.4 is 5.32 Å². The molecule has 0 spiro atoms. The maximum Gasteiger partial charge on any atom is 0.277 e. The summed E-state index contributed by atoms with van der Waals surface area (Å²) in [5, 5.41) is 2.63. The molecule has 10 heteroatoms. The van der Waals surface area contributed by atoms with Crippen LogP contribution in [0, 0.1) is 31.3 Å². The fourth-order valence-corrected chi connectivity index (χ4v) is 3.21. The van der Waals surface area contributed by atoms with Crippen LogP contribution in [0.5, 0.6) is 0 Å². The number of carbonyl (C=O) groups is 1. The number of nitrogens with one attached hydrogen (secondary N) is 1. The third-order valence-corrected chi connectivity index (χ3v) is 4.50. The quantitative estimate of drug-likeness (QED) is 0.703. The number of carbonyl (C=O) groups excluding carboxylic acids is 1. The number of nitrogens with zero attached hydrogens (tertiary/aromatic N) is 3. The Morgan fingerprint density at radius 2 is 1.81 bits per heavy atom. The molecular weight excluding hydrogens is 389 g/mol. The highest BCUT2D eigenvalue weighted by Crippen LogP contribution is 2.34. The fraction of sp³-hybridized carbons (Fsp3) is 0.125. The SMILES string of the molecule is Cc1ncc(Cl)c(C(=O)Nc2nc(-c3c(F)cc(F)cc3F)c(C)s2)n1. The van der Waals surface area contributed by atoms with Gasteiger partial charge in [0.15, 0.2) is 10.8 Å². The van der Waals surface area contributed by atoms with Crippen molar-refractivity contribution >= 4 is 34.0 Å². The molecule has 0 radical (unpaired) electrons. The second-order valence-electron chi connectivity index (χ2n) is 5.24. The Balaban J connectivity index is 1.94. The van der Waals surface area contributed by atoms with E-state index in [1.807, 2.05) is 0 Å². The Labute approximate surface area is 154 Å². The molecule has 0 saturated carbocycles. The van der Waals surface area contributed by atoms with Gasteiger partial charge < -0.3 is 0 Å². The third kappa shape index (κ3) is 3.54. The lowest BCUT2D eigenvalue weighted by atomic mass is 10.1. The fourth-order valence-electron chi connectivity index (χ4n) is 2.22. The first-order chi connectivity index (χ1) is 12.3. The largest absolute Gasteiger partial charge is 0.296 e. The van der Waals surface area contributed by atoms with Crippen molar-refractivity contribution in [1.82, 2.24) is 15.0 Å². The molecule has 3 rings (SSSR count). The number of hydrogen-bond acceptors (Lipinski definition) is 5. The number of rotatable bonds is 3. The lowest BCUT2D eigenvalue weighted by Gasteiger charge is -2.04. The van der Waals surface area contributed by atoms with Gasteiger partial charge in [0.2, 0.25) is 0 Å². The molecule has 0 fully saturated rings. The van der Waals surface area contributed by atoms with E-state index in [0.717, 1.165) is 11.3 Å². The Hall–Kier alpha value is -2.52. The van der Waals surface area contributed by atoms with Gasteiger partial charge in [0.25, 0.3) is 5.91 Å². The molecule has 0 bridgehead atoms. The lowest BCUT2D eigenvalue weighted by Crippen LogP contribution is -2.15. The van der Waals surface area contributed by atoms with Gasteiger partial charge in [-0.05, 0) is 13.8 Å². The summed E-state index contributed by atoms with van der Waals surface area (Å²) >= 11 is 6.92. The first-order valence-electron chi connectivity index (χ1n) is 7.19. The van der Waals surface area contributed by atoms with Crippen molar-refractivity contribution in [2.24, 2.45) is 0 Å². The summed E-state index contributed by atoms with van der Waals surface area (Å²) in [7, 11) is 0. The maximum atomic E-state index is 14.0. The summed E-state index contributed by atoms with van der Waals surface area (Å²) in [5.74, 6) is -3.47. The van der Waals surface area contributed by atoms with Gasteiger partial charge in [0.05, 0.1) is 22.5 Å². The maximum absolute atomic E-state index is 14.0. The van der Waals surface area contributed by atoms with E-state index >= 15 is 0 Å². The van der Waals surface area contributed by atoms with E-state index < -0.39 is 28.9 Å². The molecule has 0 saturated heterocycles. The molecule has 5 nitrogen and oxygen atoms in total. The minimum Gasteiger partial charge on any atom is -0.296 e. The van der Waals surface area contributed by atoms with E-state index in [-0.39, 0.29) is 21.5 Å². The predicted octanol–water partition coefficient (Wildman–Crippen LogP) is 4.54. The first-order valence-corrected chi connectivity index (χ1v) is 8.38. The molecule has 0 aliphatic carbocycles. The molecule has 26 heavy (non-hydrogen) atoms. The highest BCUT2D eigenvalue weighted by molar-refractivity contribution is 7.16. The number of thiazole rings is 1. The van der Waals surface area contributed by atoms with Crippen LogP contribution in [-0.2, 0) is 0 Å². The number of benzene rings is 1. The molecule has 1 amide bonds. The molecular formula is C16H10ClF3N4OS. The van der Waals surface area contributed by atoms with Crippen LogP contribution in [-0.4, -0.2) is 20.9 Å². The van der Waals surface area contributed by atoms with Crippen LogP contribution in [0.4, 0.5) is 18.3 Å². The zero-order chi connectivity index (χ0) is 19.0. The second-order valence-corrected chi connectivity index (χ2v) is 6.85. The average Bonchev–Trinajstić information content (AvgIpc) is 2.89. The smallest absolute Gasteiger partial charge is 0.277 e. The average molecular weight is 399 g/mol. The van der Waals surface area contributed by atoms with E-state index in [1.54, 1.807) is 13.8 Å². The van der Waals surface area contributed by atoms with Crippen molar-refractivity contribution in [1.29, 1.82) is 0 Å². The topological polar surface area (TPSA) is 67.8 Å². The van der Waals surface area contributed by atoms with Crippen molar-refractivity contribution < 1.29 is 18.0 Å². The van der Waals surface area contributed by atoms with Crippen molar-refractivity contribution in [3.05, 3.63) is 57.2 Å². The number of aryl methyl sites for hydroxylation is 2. The minimum absolute atomic E-state index is 0.0229. The van der Waals surface area contributed by atoms with Crippen molar-refractivity contribution in [3.8, 4) is 11.3 Å². The van der Waals surface area contributed by atoms with Crippen molar-refractivity contribution in [3.63, 3.8) is 0 Å². The van der Waals surface area contributed by atoms with Crippen molar-refractivity contribution in [2.75, 3.05) is 5.32 Å². The summed E-state index contributed by atoms with van der Waals surface area (Å²) in [6, 6.07) is 1.14. The molecule has 0 aliphatic heterocycles. The molecule has 2 heterocycles. The third-order valence-electron chi connectivity index (χ3n) is 3.34. The predicted molar refractivity (Wildman–Crippen MR) is 91.9 cm³/mol. The Morgan fingerprint density at radius 1 is 1.15 bits per heavy atom. The van der Waals surface area contributed by atoms with Gasteiger partial charge in [-0.2, -0.15) is 0 Å². The van der Waals surface area contributed by atoms with E-state index in [4.69, 9.17) is 11.6 Å². The summed E-state index contributed by atoms with van der Waals surface area (Å²) in [5.41, 5.74) is -0.533. The van der Waals surface area contributed by atoms with Crippen LogP contribution in [0.3, 0.4) is 0 Å². The van der Waals surface area contributed by atoms with Gasteiger partial charge >= 0.3 is 0 Å². The van der Waals surface area contributed by atoms with E-state index in [0.29, 0.717) is 22.8 Å². The Bertz CT molecular complexity index is 1000. The first kappa shape index (κ1) is 18.3. The van der Waals surface area contributed by atoms with Gasteiger partial charge in [-0.3, -0.25) is 10.1 Å². The molecule has 2 aromatic heterocycles. The van der Waals surface area contributed by atoms with Gasteiger partial charge in [-0.1, -0.05) is 11.6 Å². The molecule has 1 aromatic carbocycles. The number of halogens is 4. The molecule has 3 aromatic rings. The standard InChI is InChI=1S/C16H10ClF3N4OS/c1-6-13(12-10(19)3-8(18)4-11(12)20)23-16(26-6)24-15(25)14-9(17)5-21-7(2)22-14/h3-5H,1-2H3,(H,23,24,25). The zero-order valence-corrected chi connectivity index (χ0v) is 15.0. The monoisotopic (exact) mass is 398 g/mol. The lowest BCUT2D eigenvalue weighted by molar-refractivity contribution is 0.102. The van der Waals surface area contributed by atoms with Gasteiger partial charge in [0, 0.05) is 17.0 Å². The van der Waals surface area contributed by atoms with Crippen LogP contribution in [0.25, 0.3) is 11.3 Å². The van der Waals surface area contributed by atoms with E-state index in [2.05, 4.69) is 20.3 Å². The molecule has 0 atom stereocenters. The molecule has 134 valence electrons. The summed E-state index contributed by atoms with van der Waals surface area (Å²) < 4.78 is 41.0. The van der Waals surface area contributed by atoms with Gasteiger partial charge in [-0.15, -0.1) is 11.3 Å². The summed E-state index contributed by atoms with van der Waals surface area (Å²) in [4.78, 5) is 24.6. The minimum atomic E-state index is -1.08. The van der Waals surface area contributed by atoms with Gasteiger partial charge in [0.1, 0.15) is 23.3 Å². The Morgan fingerprint density at radius 3 is 2.46 bits per heavy atom. The number of hydrogen-bond donors (Lipinski definition) is 1. The molecule has 1 N–H and O–H groups in total. The number of aromatic nitrogens is 3. The van der Waals surface area contributed by atoms with E-state index in [1.165, 1.54) is 6.20 Å². The van der Waals surface area contributed by atoms with E-state index in [9.17, 15) is 18.0 Å². The van der Waals surface area contributed by atoms with Crippen LogP contribution in [0.15, 0.2) is 18.3 Å². The normalized spacial score (nSPS) is 10.8. The van der Waals surface area contributed by atoms with Crippen LogP contribution in [0.1, 0.15) is 21.2 Å². The summed E-state index contributed by atoms with van der Waals surface area (Å²) in [6.07, 6.45) is 1.29.